The molecule has 0 aliphatic carbocycles. The third kappa shape index (κ3) is 14.5. The zero-order chi connectivity index (χ0) is 21.7. The van der Waals surface area contributed by atoms with Gasteiger partial charge in [-0.1, -0.05) is 100 Å². The molecule has 28 heavy (non-hydrogen) atoms. The monoisotopic (exact) mass is 466 g/mol. The van der Waals surface area contributed by atoms with Crippen LogP contribution in [-0.2, 0) is 23.0 Å². The molecule has 0 saturated heterocycles. The highest BCUT2D eigenvalue weighted by atomic mass is 35.5. The van der Waals surface area contributed by atoms with Crippen LogP contribution in [-0.4, -0.2) is 0 Å². The van der Waals surface area contributed by atoms with Gasteiger partial charge >= 0.3 is 0 Å². The Morgan fingerprint density at radius 1 is 0.607 bits per heavy atom. The lowest BCUT2D eigenvalue weighted by atomic mass is 10.2. The van der Waals surface area contributed by atoms with Gasteiger partial charge in [-0.15, -0.1) is 0 Å². The van der Waals surface area contributed by atoms with Crippen molar-refractivity contribution >= 4 is 46.4 Å². The first-order valence-corrected chi connectivity index (χ1v) is 10.7. The van der Waals surface area contributed by atoms with E-state index in [1.807, 2.05) is 0 Å². The molecule has 2 nitrogen and oxygen atoms in total. The number of hydrogen-bond donors (Lipinski definition) is 0. The number of hydrogen-bond acceptors (Lipinski definition) is 2. The molecule has 0 bridgehead atoms. The molecule has 0 saturated carbocycles. The van der Waals surface area contributed by atoms with Crippen LogP contribution >= 0.6 is 46.4 Å². The summed E-state index contributed by atoms with van der Waals surface area (Å²) in [6.45, 7) is 13.4. The predicted octanol–water partition coefficient (Wildman–Crippen LogP) is 9.27. The van der Waals surface area contributed by atoms with E-state index in [-0.39, 0.29) is 13.2 Å². The van der Waals surface area contributed by atoms with Gasteiger partial charge in [-0.3, -0.25) is 0 Å². The van der Waals surface area contributed by atoms with Crippen molar-refractivity contribution in [1.82, 2.24) is 0 Å². The fraction of sp³-hybridized carbons (Fsp3) is 0.455. The summed E-state index contributed by atoms with van der Waals surface area (Å²) >= 11 is 23.6. The lowest BCUT2D eigenvalue weighted by Crippen LogP contribution is -1.97. The van der Waals surface area contributed by atoms with Crippen molar-refractivity contribution in [2.75, 3.05) is 0 Å². The summed E-state index contributed by atoms with van der Waals surface area (Å²) in [4.78, 5) is 10.2. The van der Waals surface area contributed by atoms with Crippen LogP contribution in [0.15, 0.2) is 36.4 Å². The lowest BCUT2D eigenvalue weighted by molar-refractivity contribution is -0.313. The molecule has 158 valence electrons. The third-order valence-corrected chi connectivity index (χ3v) is 3.72. The predicted molar refractivity (Wildman–Crippen MR) is 124 cm³/mol. The van der Waals surface area contributed by atoms with Gasteiger partial charge in [0, 0.05) is 20.1 Å². The smallest absolute Gasteiger partial charge is 0.109 e. The van der Waals surface area contributed by atoms with Gasteiger partial charge in [0.25, 0.3) is 0 Å². The molecule has 2 aromatic carbocycles. The van der Waals surface area contributed by atoms with E-state index < -0.39 is 0 Å². The van der Waals surface area contributed by atoms with Crippen LogP contribution in [0.1, 0.15) is 52.7 Å². The molecule has 6 heteroatoms. The van der Waals surface area contributed by atoms with E-state index in [1.165, 1.54) is 0 Å². The Hall–Kier alpha value is -0.480. The van der Waals surface area contributed by atoms with Crippen molar-refractivity contribution in [1.29, 1.82) is 0 Å². The fourth-order valence-corrected chi connectivity index (χ4v) is 2.41. The molecular formula is C22H30Cl4O2. The quantitative estimate of drug-likeness (QED) is 0.247. The van der Waals surface area contributed by atoms with Crippen LogP contribution in [0.5, 0.6) is 0 Å². The fourth-order valence-electron chi connectivity index (χ4n) is 1.49. The van der Waals surface area contributed by atoms with E-state index in [9.17, 15) is 0 Å². The summed E-state index contributed by atoms with van der Waals surface area (Å²) in [7, 11) is 0. The molecular weight excluding hydrogens is 438 g/mol. The Morgan fingerprint density at radius 2 is 0.893 bits per heavy atom. The second kappa shape index (κ2) is 15.4. The molecule has 0 N–H and O–H groups in total. The van der Waals surface area contributed by atoms with Crippen molar-refractivity contribution in [2.45, 2.75) is 54.8 Å². The minimum Gasteiger partial charge on any atom is -0.232 e. The first-order valence-electron chi connectivity index (χ1n) is 9.15. The molecule has 0 aromatic heterocycles. The average Bonchev–Trinajstić information content (AvgIpc) is 2.54. The van der Waals surface area contributed by atoms with Gasteiger partial charge in [0.15, 0.2) is 0 Å². The summed E-state index contributed by atoms with van der Waals surface area (Å²) in [6.07, 6.45) is 0. The molecule has 0 heterocycles. The molecule has 0 radical (unpaired) electrons. The first kappa shape index (κ1) is 27.5. The van der Waals surface area contributed by atoms with Gasteiger partial charge in [-0.25, -0.2) is 9.78 Å². The normalized spacial score (nSPS) is 10.3. The van der Waals surface area contributed by atoms with Crippen molar-refractivity contribution in [3.63, 3.8) is 0 Å². The van der Waals surface area contributed by atoms with Gasteiger partial charge in [-0.2, -0.15) is 0 Å². The Kier molecular flexibility index (Phi) is 15.1. The van der Waals surface area contributed by atoms with Gasteiger partial charge in [-0.05, 0) is 47.2 Å². The van der Waals surface area contributed by atoms with Crippen molar-refractivity contribution in [2.24, 2.45) is 11.8 Å². The average molecular weight is 468 g/mol. The number of benzene rings is 2. The molecule has 0 aliphatic rings. The van der Waals surface area contributed by atoms with Crippen LogP contribution in [0.2, 0.25) is 20.1 Å². The second-order valence-electron chi connectivity index (χ2n) is 7.46. The van der Waals surface area contributed by atoms with Crippen molar-refractivity contribution in [3.05, 3.63) is 67.6 Å². The molecule has 0 fully saturated rings. The molecule has 2 aromatic rings. The Bertz CT molecular complexity index is 623. The maximum absolute atomic E-state index is 6.01. The van der Waals surface area contributed by atoms with Gasteiger partial charge in [0.1, 0.15) is 13.2 Å². The summed E-state index contributed by atoms with van der Waals surface area (Å²) in [5, 5.41) is 2.22. The zero-order valence-corrected chi connectivity index (χ0v) is 20.4. The summed E-state index contributed by atoms with van der Waals surface area (Å²) < 4.78 is 0. The van der Waals surface area contributed by atoms with E-state index in [0.29, 0.717) is 20.1 Å². The minimum absolute atomic E-state index is 0.223. The molecule has 0 aliphatic heterocycles. The van der Waals surface area contributed by atoms with Crippen molar-refractivity contribution in [3.8, 4) is 0 Å². The number of rotatable bonds is 5. The van der Waals surface area contributed by atoms with E-state index in [0.717, 1.165) is 23.0 Å². The van der Waals surface area contributed by atoms with Crippen molar-refractivity contribution < 1.29 is 9.78 Å². The number of halogens is 4. The summed E-state index contributed by atoms with van der Waals surface area (Å²) in [6, 6.07) is 10.3. The standard InChI is InChI=1S/C14H10Cl4O2.2C4H10/c15-11-3-1-9(13(17)5-11)7-19-20-8-10-2-4-12(16)6-14(10)18;2*1-4(2)3/h1-6H,7-8H2;2*4H,1-3H3. The highest BCUT2D eigenvalue weighted by Gasteiger charge is 2.04. The van der Waals surface area contributed by atoms with Crippen LogP contribution < -0.4 is 0 Å². The maximum atomic E-state index is 6.01. The molecule has 0 amide bonds. The van der Waals surface area contributed by atoms with Gasteiger partial charge in [0.05, 0.1) is 0 Å². The summed E-state index contributed by atoms with van der Waals surface area (Å²) in [5.74, 6) is 1.67. The molecule has 0 unspecified atom stereocenters. The van der Waals surface area contributed by atoms with E-state index in [1.54, 1.807) is 36.4 Å². The topological polar surface area (TPSA) is 18.5 Å². The Labute approximate surface area is 190 Å². The summed E-state index contributed by atoms with van der Waals surface area (Å²) in [5.41, 5.74) is 1.58. The van der Waals surface area contributed by atoms with E-state index >= 15 is 0 Å². The van der Waals surface area contributed by atoms with E-state index in [2.05, 4.69) is 41.5 Å². The first-order chi connectivity index (χ1) is 13.0. The Balaban J connectivity index is 0.000000776. The van der Waals surface area contributed by atoms with Crippen LogP contribution in [0, 0.1) is 11.8 Å². The van der Waals surface area contributed by atoms with Gasteiger partial charge in [0.2, 0.25) is 0 Å². The zero-order valence-electron chi connectivity index (χ0n) is 17.4. The third-order valence-electron chi connectivity index (χ3n) is 2.54. The molecule has 0 atom stereocenters. The largest absolute Gasteiger partial charge is 0.232 e. The van der Waals surface area contributed by atoms with Crippen LogP contribution in [0.4, 0.5) is 0 Å². The second-order valence-corrected chi connectivity index (χ2v) is 9.15. The van der Waals surface area contributed by atoms with Crippen LogP contribution in [0.3, 0.4) is 0 Å². The van der Waals surface area contributed by atoms with Crippen LogP contribution in [0.25, 0.3) is 0 Å². The minimum atomic E-state index is 0.223. The molecule has 2 rings (SSSR count). The maximum Gasteiger partial charge on any atom is 0.109 e. The van der Waals surface area contributed by atoms with Gasteiger partial charge < -0.3 is 0 Å². The SMILES string of the molecule is CC(C)C.CC(C)C.Clc1ccc(COOCc2ccc(Cl)cc2Cl)c(Cl)c1. The Morgan fingerprint density at radius 3 is 1.14 bits per heavy atom. The van der Waals surface area contributed by atoms with E-state index in [4.69, 9.17) is 56.2 Å². The highest BCUT2D eigenvalue weighted by Crippen LogP contribution is 2.23. The highest BCUT2D eigenvalue weighted by molar-refractivity contribution is 6.35. The molecule has 0 spiro atoms. The lowest BCUT2D eigenvalue weighted by Gasteiger charge is -2.07.